The van der Waals surface area contributed by atoms with Gasteiger partial charge >= 0.3 is 5.97 Å². The highest BCUT2D eigenvalue weighted by Crippen LogP contribution is 2.21. The lowest BCUT2D eigenvalue weighted by atomic mass is 10.1. The van der Waals surface area contributed by atoms with E-state index in [0.717, 1.165) is 11.1 Å². The molecule has 0 heterocycles. The van der Waals surface area contributed by atoms with Crippen LogP contribution < -0.4 is 10.5 Å². The Kier molecular flexibility index (Phi) is 3.89. The first-order valence-electron chi connectivity index (χ1n) is 5.98. The van der Waals surface area contributed by atoms with Crippen LogP contribution in [0.5, 0.6) is 5.75 Å². The second-order valence-electron chi connectivity index (χ2n) is 4.41. The highest BCUT2D eigenvalue weighted by atomic mass is 19.1. The highest BCUT2D eigenvalue weighted by molar-refractivity contribution is 5.93. The number of benzene rings is 2. The van der Waals surface area contributed by atoms with Crippen molar-refractivity contribution in [3.8, 4) is 5.75 Å². The quantitative estimate of drug-likeness (QED) is 0.841. The topological polar surface area (TPSA) is 72.5 Å². The molecule has 0 aromatic heterocycles. The van der Waals surface area contributed by atoms with Gasteiger partial charge in [-0.1, -0.05) is 6.07 Å². The lowest BCUT2D eigenvalue weighted by Gasteiger charge is -2.10. The molecular weight excluding hydrogens is 261 g/mol. The van der Waals surface area contributed by atoms with Crippen LogP contribution in [-0.4, -0.2) is 11.1 Å². The Morgan fingerprint density at radius 1 is 1.30 bits per heavy atom. The van der Waals surface area contributed by atoms with Crippen molar-refractivity contribution in [2.45, 2.75) is 13.5 Å². The first-order valence-corrected chi connectivity index (χ1v) is 5.98. The Bertz CT molecular complexity index is 656. The van der Waals surface area contributed by atoms with Gasteiger partial charge < -0.3 is 15.6 Å². The minimum atomic E-state index is -1.08. The van der Waals surface area contributed by atoms with Crippen LogP contribution in [0.2, 0.25) is 0 Å². The van der Waals surface area contributed by atoms with E-state index in [9.17, 15) is 9.18 Å². The molecule has 0 aliphatic heterocycles. The number of halogens is 1. The number of hydrogen-bond donors (Lipinski definition) is 2. The van der Waals surface area contributed by atoms with Crippen molar-refractivity contribution in [3.05, 3.63) is 58.9 Å². The molecule has 20 heavy (non-hydrogen) atoms. The molecule has 0 atom stereocenters. The number of nitrogen functional groups attached to an aromatic ring is 1. The van der Waals surface area contributed by atoms with Crippen LogP contribution in [0.1, 0.15) is 21.5 Å². The molecule has 2 aromatic rings. The summed E-state index contributed by atoms with van der Waals surface area (Å²) in [5, 5.41) is 8.87. The summed E-state index contributed by atoms with van der Waals surface area (Å²) in [4.78, 5) is 10.8. The molecule has 0 saturated carbocycles. The fourth-order valence-corrected chi connectivity index (χ4v) is 1.81. The van der Waals surface area contributed by atoms with Crippen LogP contribution in [0.15, 0.2) is 36.4 Å². The van der Waals surface area contributed by atoms with Crippen LogP contribution in [0, 0.1) is 12.7 Å². The summed E-state index contributed by atoms with van der Waals surface area (Å²) in [5.74, 6) is -0.902. The zero-order chi connectivity index (χ0) is 14.7. The Morgan fingerprint density at radius 2 is 2.05 bits per heavy atom. The van der Waals surface area contributed by atoms with E-state index < -0.39 is 5.97 Å². The molecule has 0 unspecified atom stereocenters. The summed E-state index contributed by atoms with van der Waals surface area (Å²) in [7, 11) is 0. The van der Waals surface area contributed by atoms with Gasteiger partial charge in [-0.3, -0.25) is 0 Å². The smallest absolute Gasteiger partial charge is 0.337 e. The van der Waals surface area contributed by atoms with Crippen molar-refractivity contribution in [2.75, 3.05) is 5.73 Å². The van der Waals surface area contributed by atoms with Crippen LogP contribution in [-0.2, 0) is 6.61 Å². The molecule has 0 aliphatic rings. The number of carbonyl (C=O) groups is 1. The molecule has 0 saturated heterocycles. The number of ether oxygens (including phenoxy) is 1. The van der Waals surface area contributed by atoms with Crippen molar-refractivity contribution in [1.82, 2.24) is 0 Å². The lowest BCUT2D eigenvalue weighted by Crippen LogP contribution is -2.03. The molecular formula is C15H14FNO3. The summed E-state index contributed by atoms with van der Waals surface area (Å²) in [5.41, 5.74) is 7.46. The molecule has 104 valence electrons. The fourth-order valence-electron chi connectivity index (χ4n) is 1.81. The second kappa shape index (κ2) is 5.61. The number of carboxylic acid groups (broad SMARTS) is 1. The number of nitrogens with two attached hydrogens (primary N) is 1. The number of hydrogen-bond acceptors (Lipinski definition) is 3. The third-order valence-electron chi connectivity index (χ3n) is 2.95. The Balaban J connectivity index is 2.11. The normalized spacial score (nSPS) is 10.3. The first-order chi connectivity index (χ1) is 9.47. The predicted octanol–water partition coefficient (Wildman–Crippen LogP) is 2.99. The van der Waals surface area contributed by atoms with E-state index in [1.165, 1.54) is 24.3 Å². The summed E-state index contributed by atoms with van der Waals surface area (Å²) < 4.78 is 18.5. The molecule has 4 nitrogen and oxygen atoms in total. The van der Waals surface area contributed by atoms with Crippen LogP contribution >= 0.6 is 0 Å². The summed E-state index contributed by atoms with van der Waals surface area (Å²) in [6.07, 6.45) is 0. The maximum Gasteiger partial charge on any atom is 0.337 e. The zero-order valence-corrected chi connectivity index (χ0v) is 10.9. The molecule has 3 N–H and O–H groups in total. The zero-order valence-electron chi connectivity index (χ0n) is 10.9. The van der Waals surface area contributed by atoms with Crippen molar-refractivity contribution in [1.29, 1.82) is 0 Å². The third-order valence-corrected chi connectivity index (χ3v) is 2.95. The minimum Gasteiger partial charge on any atom is -0.489 e. The number of aromatic carboxylic acids is 1. The maximum atomic E-state index is 13.0. The van der Waals surface area contributed by atoms with E-state index in [0.29, 0.717) is 5.75 Å². The third kappa shape index (κ3) is 3.06. The van der Waals surface area contributed by atoms with Crippen LogP contribution in [0.3, 0.4) is 0 Å². The highest BCUT2D eigenvalue weighted by Gasteiger charge is 2.09. The number of anilines is 1. The molecule has 0 spiro atoms. The Labute approximate surface area is 115 Å². The lowest BCUT2D eigenvalue weighted by molar-refractivity contribution is 0.0698. The average molecular weight is 275 g/mol. The summed E-state index contributed by atoms with van der Waals surface area (Å²) >= 11 is 0. The van der Waals surface area contributed by atoms with Gasteiger partial charge in [0.15, 0.2) is 0 Å². The minimum absolute atomic E-state index is 0.0373. The molecule has 0 bridgehead atoms. The van der Waals surface area contributed by atoms with E-state index in [1.54, 1.807) is 19.1 Å². The van der Waals surface area contributed by atoms with Gasteiger partial charge in [0.2, 0.25) is 0 Å². The second-order valence-corrected chi connectivity index (χ2v) is 4.41. The van der Waals surface area contributed by atoms with Crippen LogP contribution in [0.25, 0.3) is 0 Å². The van der Waals surface area contributed by atoms with Crippen molar-refractivity contribution in [3.63, 3.8) is 0 Å². The van der Waals surface area contributed by atoms with E-state index in [-0.39, 0.29) is 23.7 Å². The van der Waals surface area contributed by atoms with Gasteiger partial charge in [-0.15, -0.1) is 0 Å². The molecule has 0 radical (unpaired) electrons. The van der Waals surface area contributed by atoms with Gasteiger partial charge in [0.25, 0.3) is 0 Å². The van der Waals surface area contributed by atoms with Crippen molar-refractivity contribution in [2.24, 2.45) is 0 Å². The van der Waals surface area contributed by atoms with Crippen molar-refractivity contribution < 1.29 is 19.0 Å². The SMILES string of the molecule is Cc1cc(F)ccc1COc1ccc(C(=O)O)c(N)c1. The molecule has 0 aliphatic carbocycles. The summed E-state index contributed by atoms with van der Waals surface area (Å²) in [6, 6.07) is 8.85. The number of aryl methyl sites for hydroxylation is 1. The van der Waals surface area contributed by atoms with Gasteiger partial charge in [0.1, 0.15) is 18.2 Å². The monoisotopic (exact) mass is 275 g/mol. The first kappa shape index (κ1) is 13.9. The molecule has 2 rings (SSSR count). The Morgan fingerprint density at radius 3 is 2.65 bits per heavy atom. The van der Waals surface area contributed by atoms with Crippen molar-refractivity contribution >= 4 is 11.7 Å². The van der Waals surface area contributed by atoms with E-state index >= 15 is 0 Å². The van der Waals surface area contributed by atoms with Gasteiger partial charge in [-0.05, 0) is 42.3 Å². The van der Waals surface area contributed by atoms with Gasteiger partial charge in [0, 0.05) is 11.8 Å². The molecule has 5 heteroatoms. The largest absolute Gasteiger partial charge is 0.489 e. The van der Waals surface area contributed by atoms with Gasteiger partial charge in [0.05, 0.1) is 5.56 Å². The van der Waals surface area contributed by atoms with Gasteiger partial charge in [-0.2, -0.15) is 0 Å². The van der Waals surface area contributed by atoms with E-state index in [4.69, 9.17) is 15.6 Å². The standard InChI is InChI=1S/C15H14FNO3/c1-9-6-11(16)3-2-10(9)8-20-12-4-5-13(15(18)19)14(17)7-12/h2-7H,8,17H2,1H3,(H,18,19). The number of carboxylic acids is 1. The van der Waals surface area contributed by atoms with E-state index in [1.807, 2.05) is 0 Å². The Hall–Kier alpha value is -2.56. The molecule has 0 fully saturated rings. The van der Waals surface area contributed by atoms with Crippen LogP contribution in [0.4, 0.5) is 10.1 Å². The van der Waals surface area contributed by atoms with Gasteiger partial charge in [-0.25, -0.2) is 9.18 Å². The predicted molar refractivity (Wildman–Crippen MR) is 73.3 cm³/mol. The van der Waals surface area contributed by atoms with E-state index in [2.05, 4.69) is 0 Å². The fraction of sp³-hybridized carbons (Fsp3) is 0.133. The average Bonchev–Trinajstić information content (AvgIpc) is 2.37. The number of rotatable bonds is 4. The summed E-state index contributed by atoms with van der Waals surface area (Å²) in [6.45, 7) is 2.06. The molecule has 2 aromatic carbocycles. The molecule has 0 amide bonds. The maximum absolute atomic E-state index is 13.0.